The standard InChI is InChI=1S/C13H23N3O2/c1-11-14-15-13(18-11)10-16-8-4-3-6-12(16)7-5-9-17-2/h12H,3-10H2,1-2H3/t12-/m0/s1. The number of hydrogen-bond donors (Lipinski definition) is 0. The van der Waals surface area contributed by atoms with Crippen LogP contribution < -0.4 is 0 Å². The molecule has 0 aromatic carbocycles. The first kappa shape index (κ1) is 13.5. The Bertz CT molecular complexity index is 354. The lowest BCUT2D eigenvalue weighted by molar-refractivity contribution is 0.107. The molecule has 5 heteroatoms. The molecule has 18 heavy (non-hydrogen) atoms. The van der Waals surface area contributed by atoms with Crippen LogP contribution in [-0.2, 0) is 11.3 Å². The Morgan fingerprint density at radius 1 is 1.39 bits per heavy atom. The fourth-order valence-electron chi connectivity index (χ4n) is 2.63. The van der Waals surface area contributed by atoms with Crippen LogP contribution >= 0.6 is 0 Å². The van der Waals surface area contributed by atoms with E-state index in [1.165, 1.54) is 25.7 Å². The Labute approximate surface area is 109 Å². The number of hydrogen-bond acceptors (Lipinski definition) is 5. The van der Waals surface area contributed by atoms with Crippen LogP contribution in [-0.4, -0.2) is 41.4 Å². The van der Waals surface area contributed by atoms with Crippen LogP contribution in [0.15, 0.2) is 4.42 Å². The highest BCUT2D eigenvalue weighted by atomic mass is 16.5. The zero-order chi connectivity index (χ0) is 12.8. The molecule has 5 nitrogen and oxygen atoms in total. The summed E-state index contributed by atoms with van der Waals surface area (Å²) in [4.78, 5) is 2.48. The zero-order valence-electron chi connectivity index (χ0n) is 11.4. The quantitative estimate of drug-likeness (QED) is 0.727. The molecule has 1 aliphatic heterocycles. The lowest BCUT2D eigenvalue weighted by Crippen LogP contribution is -2.39. The van der Waals surface area contributed by atoms with Gasteiger partial charge in [0.1, 0.15) is 0 Å². The minimum atomic E-state index is 0.640. The molecule has 0 bridgehead atoms. The number of methoxy groups -OCH3 is 1. The summed E-state index contributed by atoms with van der Waals surface area (Å²) in [5, 5.41) is 7.98. The summed E-state index contributed by atoms with van der Waals surface area (Å²) in [5.41, 5.74) is 0. The summed E-state index contributed by atoms with van der Waals surface area (Å²) in [5.74, 6) is 1.39. The summed E-state index contributed by atoms with van der Waals surface area (Å²) in [7, 11) is 1.76. The molecular formula is C13H23N3O2. The second-order valence-corrected chi connectivity index (χ2v) is 4.97. The molecule has 1 aromatic heterocycles. The molecule has 0 N–H and O–H groups in total. The van der Waals surface area contributed by atoms with Gasteiger partial charge in [-0.1, -0.05) is 6.42 Å². The number of likely N-dealkylation sites (tertiary alicyclic amines) is 1. The average molecular weight is 253 g/mol. The molecule has 2 heterocycles. The third-order valence-corrected chi connectivity index (χ3v) is 3.54. The third-order valence-electron chi connectivity index (χ3n) is 3.54. The molecule has 0 aliphatic carbocycles. The molecule has 0 spiro atoms. The smallest absolute Gasteiger partial charge is 0.230 e. The maximum Gasteiger partial charge on any atom is 0.230 e. The molecule has 1 saturated heterocycles. The first-order chi connectivity index (χ1) is 8.79. The summed E-state index contributed by atoms with van der Waals surface area (Å²) in [6.07, 6.45) is 6.20. The zero-order valence-corrected chi connectivity index (χ0v) is 11.4. The maximum absolute atomic E-state index is 5.47. The van der Waals surface area contributed by atoms with Gasteiger partial charge >= 0.3 is 0 Å². The van der Waals surface area contributed by atoms with Crippen LogP contribution in [0.3, 0.4) is 0 Å². The Morgan fingerprint density at radius 2 is 2.28 bits per heavy atom. The van der Waals surface area contributed by atoms with Crippen LogP contribution in [0.4, 0.5) is 0 Å². The van der Waals surface area contributed by atoms with E-state index in [0.717, 1.165) is 32.0 Å². The number of rotatable bonds is 6. The van der Waals surface area contributed by atoms with Crippen molar-refractivity contribution in [2.24, 2.45) is 0 Å². The van der Waals surface area contributed by atoms with Crippen LogP contribution in [0.25, 0.3) is 0 Å². The SMILES string of the molecule is COCCC[C@@H]1CCCCN1Cc1nnc(C)o1. The van der Waals surface area contributed by atoms with Crippen molar-refractivity contribution in [3.05, 3.63) is 11.8 Å². The maximum atomic E-state index is 5.47. The van der Waals surface area contributed by atoms with Gasteiger partial charge in [-0.15, -0.1) is 10.2 Å². The van der Waals surface area contributed by atoms with E-state index < -0.39 is 0 Å². The Hall–Kier alpha value is -0.940. The molecule has 1 aromatic rings. The lowest BCUT2D eigenvalue weighted by Gasteiger charge is -2.34. The molecular weight excluding hydrogens is 230 g/mol. The van der Waals surface area contributed by atoms with Gasteiger partial charge in [-0.25, -0.2) is 0 Å². The number of ether oxygens (including phenoxy) is 1. The van der Waals surface area contributed by atoms with Crippen LogP contribution in [0.2, 0.25) is 0 Å². The predicted octanol–water partition coefficient (Wildman–Crippen LogP) is 2.16. The first-order valence-corrected chi connectivity index (χ1v) is 6.81. The monoisotopic (exact) mass is 253 g/mol. The van der Waals surface area contributed by atoms with E-state index in [4.69, 9.17) is 9.15 Å². The second kappa shape index (κ2) is 6.85. The largest absolute Gasteiger partial charge is 0.424 e. The van der Waals surface area contributed by atoms with Crippen LogP contribution in [0.5, 0.6) is 0 Å². The van der Waals surface area contributed by atoms with Crippen molar-refractivity contribution in [2.45, 2.75) is 51.6 Å². The summed E-state index contributed by atoms with van der Waals surface area (Å²) in [6.45, 7) is 4.62. The lowest BCUT2D eigenvalue weighted by atomic mass is 9.98. The van der Waals surface area contributed by atoms with Gasteiger partial charge in [0.15, 0.2) is 0 Å². The molecule has 0 unspecified atom stereocenters. The fraction of sp³-hybridized carbons (Fsp3) is 0.846. The van der Waals surface area contributed by atoms with Crippen LogP contribution in [0, 0.1) is 6.92 Å². The topological polar surface area (TPSA) is 51.4 Å². The van der Waals surface area contributed by atoms with E-state index in [-0.39, 0.29) is 0 Å². The fourth-order valence-corrected chi connectivity index (χ4v) is 2.63. The highest BCUT2D eigenvalue weighted by Crippen LogP contribution is 2.22. The summed E-state index contributed by atoms with van der Waals surface area (Å²) < 4.78 is 10.6. The average Bonchev–Trinajstić information content (AvgIpc) is 2.77. The second-order valence-electron chi connectivity index (χ2n) is 4.97. The Kier molecular flexibility index (Phi) is 5.13. The van der Waals surface area contributed by atoms with Crippen molar-refractivity contribution < 1.29 is 9.15 Å². The van der Waals surface area contributed by atoms with Crippen molar-refractivity contribution in [1.82, 2.24) is 15.1 Å². The van der Waals surface area contributed by atoms with Crippen molar-refractivity contribution >= 4 is 0 Å². The van der Waals surface area contributed by atoms with E-state index >= 15 is 0 Å². The van der Waals surface area contributed by atoms with Crippen LogP contribution in [0.1, 0.15) is 43.9 Å². The van der Waals surface area contributed by atoms with E-state index in [2.05, 4.69) is 15.1 Å². The molecule has 102 valence electrons. The van der Waals surface area contributed by atoms with Gasteiger partial charge < -0.3 is 9.15 Å². The van der Waals surface area contributed by atoms with Gasteiger partial charge in [-0.05, 0) is 32.2 Å². The van der Waals surface area contributed by atoms with E-state index in [1.807, 2.05) is 6.92 Å². The molecule has 1 aliphatic rings. The van der Waals surface area contributed by atoms with E-state index in [1.54, 1.807) is 7.11 Å². The van der Waals surface area contributed by atoms with Gasteiger partial charge in [0, 0.05) is 26.7 Å². The molecule has 0 radical (unpaired) electrons. The van der Waals surface area contributed by atoms with Gasteiger partial charge in [0.05, 0.1) is 6.54 Å². The molecule has 2 rings (SSSR count). The highest BCUT2D eigenvalue weighted by Gasteiger charge is 2.23. The van der Waals surface area contributed by atoms with Gasteiger partial charge in [0.25, 0.3) is 0 Å². The number of nitrogens with zero attached hydrogens (tertiary/aromatic N) is 3. The molecule has 1 atom stereocenters. The third kappa shape index (κ3) is 3.78. The molecule has 0 amide bonds. The van der Waals surface area contributed by atoms with E-state index in [0.29, 0.717) is 11.9 Å². The van der Waals surface area contributed by atoms with Crippen molar-refractivity contribution in [2.75, 3.05) is 20.3 Å². The summed E-state index contributed by atoms with van der Waals surface area (Å²) in [6, 6.07) is 0.640. The Balaban J connectivity index is 1.86. The molecule has 0 saturated carbocycles. The minimum absolute atomic E-state index is 0.640. The summed E-state index contributed by atoms with van der Waals surface area (Å²) >= 11 is 0. The molecule has 1 fully saturated rings. The number of piperidine rings is 1. The number of aryl methyl sites for hydroxylation is 1. The van der Waals surface area contributed by atoms with Crippen molar-refractivity contribution in [3.8, 4) is 0 Å². The predicted molar refractivity (Wildman–Crippen MR) is 68.2 cm³/mol. The highest BCUT2D eigenvalue weighted by molar-refractivity contribution is 4.84. The Morgan fingerprint density at radius 3 is 3.00 bits per heavy atom. The number of aromatic nitrogens is 2. The minimum Gasteiger partial charge on any atom is -0.424 e. The van der Waals surface area contributed by atoms with Gasteiger partial charge in [-0.2, -0.15) is 0 Å². The van der Waals surface area contributed by atoms with Crippen molar-refractivity contribution in [1.29, 1.82) is 0 Å². The first-order valence-electron chi connectivity index (χ1n) is 6.81. The normalized spacial score (nSPS) is 21.3. The van der Waals surface area contributed by atoms with Gasteiger partial charge in [0.2, 0.25) is 11.8 Å². The van der Waals surface area contributed by atoms with Crippen molar-refractivity contribution in [3.63, 3.8) is 0 Å². The van der Waals surface area contributed by atoms with E-state index in [9.17, 15) is 0 Å². The van der Waals surface area contributed by atoms with Gasteiger partial charge in [-0.3, -0.25) is 4.90 Å².